The molecule has 0 aliphatic heterocycles. The van der Waals surface area contributed by atoms with Crippen LogP contribution in [0.3, 0.4) is 0 Å². The summed E-state index contributed by atoms with van der Waals surface area (Å²) in [4.78, 5) is 14.0. The average Bonchev–Trinajstić information content (AvgIpc) is 2.92. The number of aliphatic carboxylic acids is 1. The molecule has 0 saturated heterocycles. The van der Waals surface area contributed by atoms with Crippen LogP contribution in [0.1, 0.15) is 11.1 Å². The first-order valence-electron chi connectivity index (χ1n) is 7.38. The third kappa shape index (κ3) is 3.17. The Kier molecular flexibility index (Phi) is 4.16. The number of aromatic nitrogens is 1. The molecule has 7 heteroatoms. The number of para-hydroxylation sites is 1. The van der Waals surface area contributed by atoms with Gasteiger partial charge >= 0.3 is 12.1 Å². The van der Waals surface area contributed by atoms with Crippen LogP contribution in [0.15, 0.2) is 42.5 Å². The van der Waals surface area contributed by atoms with Gasteiger partial charge in [-0.1, -0.05) is 12.1 Å². The van der Waals surface area contributed by atoms with Gasteiger partial charge in [0.05, 0.1) is 30.3 Å². The highest BCUT2D eigenvalue weighted by Crippen LogP contribution is 2.39. The predicted molar refractivity (Wildman–Crippen MR) is 86.6 cm³/mol. The number of carboxylic acid groups (broad SMARTS) is 1. The third-order valence-corrected chi connectivity index (χ3v) is 3.95. The van der Waals surface area contributed by atoms with Crippen molar-refractivity contribution in [3.63, 3.8) is 0 Å². The largest absolute Gasteiger partial charge is 0.497 e. The van der Waals surface area contributed by atoms with Gasteiger partial charge in [-0.2, -0.15) is 13.2 Å². The predicted octanol–water partition coefficient (Wildman–Crippen LogP) is 4.49. The molecule has 0 amide bonds. The number of fused-ring (bicyclic) bond motifs is 1. The normalized spacial score (nSPS) is 11.7. The van der Waals surface area contributed by atoms with Gasteiger partial charge in [0, 0.05) is 5.39 Å². The van der Waals surface area contributed by atoms with E-state index in [1.165, 1.54) is 19.2 Å². The van der Waals surface area contributed by atoms with Crippen molar-refractivity contribution in [2.24, 2.45) is 0 Å². The molecule has 25 heavy (non-hydrogen) atoms. The zero-order chi connectivity index (χ0) is 18.2. The van der Waals surface area contributed by atoms with E-state index < -0.39 is 17.7 Å². The van der Waals surface area contributed by atoms with Crippen molar-refractivity contribution >= 4 is 16.9 Å². The first-order valence-corrected chi connectivity index (χ1v) is 7.38. The van der Waals surface area contributed by atoms with Crippen LogP contribution in [0.25, 0.3) is 22.2 Å². The Morgan fingerprint density at radius 3 is 2.40 bits per heavy atom. The summed E-state index contributed by atoms with van der Waals surface area (Å²) in [7, 11) is 1.50. The number of aromatic amines is 1. The summed E-state index contributed by atoms with van der Waals surface area (Å²) in [5, 5.41) is 9.42. The number of carbonyl (C=O) groups is 1. The lowest BCUT2D eigenvalue weighted by molar-refractivity contribution is -0.137. The number of hydrogen-bond donors (Lipinski definition) is 2. The molecular weight excluding hydrogens is 335 g/mol. The number of alkyl halides is 3. The molecule has 0 atom stereocenters. The molecule has 3 rings (SSSR count). The third-order valence-electron chi connectivity index (χ3n) is 3.95. The lowest BCUT2D eigenvalue weighted by Gasteiger charge is -2.07. The molecule has 4 nitrogen and oxygen atoms in total. The lowest BCUT2D eigenvalue weighted by atomic mass is 10.0. The van der Waals surface area contributed by atoms with Crippen molar-refractivity contribution in [3.8, 4) is 17.0 Å². The number of nitrogens with one attached hydrogen (secondary N) is 1. The van der Waals surface area contributed by atoms with Gasteiger partial charge in [-0.15, -0.1) is 0 Å². The molecule has 1 aromatic heterocycles. The second-order valence-electron chi connectivity index (χ2n) is 5.50. The Balaban J connectivity index is 2.27. The van der Waals surface area contributed by atoms with Crippen LogP contribution >= 0.6 is 0 Å². The van der Waals surface area contributed by atoms with E-state index in [9.17, 15) is 23.1 Å². The van der Waals surface area contributed by atoms with E-state index in [0.717, 1.165) is 6.07 Å². The molecule has 0 spiro atoms. The van der Waals surface area contributed by atoms with Gasteiger partial charge in [0.25, 0.3) is 0 Å². The van der Waals surface area contributed by atoms with Crippen LogP contribution in [0.2, 0.25) is 0 Å². The summed E-state index contributed by atoms with van der Waals surface area (Å²) in [6.07, 6.45) is -4.93. The molecule has 0 aliphatic carbocycles. The average molecular weight is 349 g/mol. The van der Waals surface area contributed by atoms with Gasteiger partial charge in [0.2, 0.25) is 0 Å². The van der Waals surface area contributed by atoms with Gasteiger partial charge in [0.1, 0.15) is 5.75 Å². The Morgan fingerprint density at radius 2 is 1.84 bits per heavy atom. The lowest BCUT2D eigenvalue weighted by Crippen LogP contribution is -2.05. The second-order valence-corrected chi connectivity index (χ2v) is 5.50. The highest BCUT2D eigenvalue weighted by molar-refractivity contribution is 5.95. The van der Waals surface area contributed by atoms with Crippen molar-refractivity contribution in [3.05, 3.63) is 53.6 Å². The molecule has 0 aliphatic rings. The number of H-pyrrole nitrogens is 1. The topological polar surface area (TPSA) is 62.3 Å². The maximum atomic E-state index is 13.3. The molecule has 2 N–H and O–H groups in total. The zero-order valence-corrected chi connectivity index (χ0v) is 13.1. The Bertz CT molecular complexity index is 927. The first kappa shape index (κ1) is 16.9. The highest BCUT2D eigenvalue weighted by Gasteiger charge is 2.34. The van der Waals surface area contributed by atoms with Crippen molar-refractivity contribution in [2.75, 3.05) is 7.11 Å². The van der Waals surface area contributed by atoms with E-state index >= 15 is 0 Å². The molecular formula is C18H14F3NO3. The molecule has 0 unspecified atom stereocenters. The Labute approximate surface area is 140 Å². The summed E-state index contributed by atoms with van der Waals surface area (Å²) in [5.74, 6) is -0.524. The van der Waals surface area contributed by atoms with Crippen LogP contribution in [0, 0.1) is 0 Å². The fourth-order valence-corrected chi connectivity index (χ4v) is 2.85. The Hall–Kier alpha value is -2.96. The van der Waals surface area contributed by atoms with Gasteiger partial charge in [-0.3, -0.25) is 4.79 Å². The SMILES string of the molecule is COc1ccc(-c2[nH]c3c(C(F)(F)F)cccc3c2CC(=O)O)cc1. The number of ether oxygens (including phenoxy) is 1. The molecule has 0 fully saturated rings. The summed E-state index contributed by atoms with van der Waals surface area (Å²) < 4.78 is 44.9. The number of methoxy groups -OCH3 is 1. The van der Waals surface area contributed by atoms with E-state index in [-0.39, 0.29) is 17.3 Å². The number of benzene rings is 2. The van der Waals surface area contributed by atoms with Gasteiger partial charge in [0.15, 0.2) is 0 Å². The van der Waals surface area contributed by atoms with E-state index in [1.54, 1.807) is 24.3 Å². The quantitative estimate of drug-likeness (QED) is 0.729. The maximum Gasteiger partial charge on any atom is 0.418 e. The molecule has 2 aromatic carbocycles. The van der Waals surface area contributed by atoms with Crippen molar-refractivity contribution in [1.82, 2.24) is 4.98 Å². The van der Waals surface area contributed by atoms with Gasteiger partial charge < -0.3 is 14.8 Å². The molecule has 0 bridgehead atoms. The van der Waals surface area contributed by atoms with Gasteiger partial charge in [-0.05, 0) is 41.5 Å². The van der Waals surface area contributed by atoms with Gasteiger partial charge in [-0.25, -0.2) is 0 Å². The summed E-state index contributed by atoms with van der Waals surface area (Å²) in [6, 6.07) is 10.4. The number of hydrogen-bond acceptors (Lipinski definition) is 2. The van der Waals surface area contributed by atoms with Crippen molar-refractivity contribution in [1.29, 1.82) is 0 Å². The number of halogens is 3. The number of rotatable bonds is 4. The standard InChI is InChI=1S/C18H14F3NO3/c1-25-11-7-5-10(6-8-11)16-13(9-15(23)24)12-3-2-4-14(17(12)22-16)18(19,20)21/h2-8,22H,9H2,1H3,(H,23,24). The van der Waals surface area contributed by atoms with E-state index in [4.69, 9.17) is 4.74 Å². The first-order chi connectivity index (χ1) is 11.8. The fourth-order valence-electron chi connectivity index (χ4n) is 2.85. The second kappa shape index (κ2) is 6.16. The van der Waals surface area contributed by atoms with E-state index in [0.29, 0.717) is 22.6 Å². The minimum Gasteiger partial charge on any atom is -0.497 e. The van der Waals surface area contributed by atoms with Crippen molar-refractivity contribution in [2.45, 2.75) is 12.6 Å². The highest BCUT2D eigenvalue weighted by atomic mass is 19.4. The summed E-state index contributed by atoms with van der Waals surface area (Å²) in [6.45, 7) is 0. The van der Waals surface area contributed by atoms with Crippen LogP contribution in [-0.2, 0) is 17.4 Å². The van der Waals surface area contributed by atoms with Crippen LogP contribution in [0.4, 0.5) is 13.2 Å². The molecule has 130 valence electrons. The molecule has 3 aromatic rings. The monoisotopic (exact) mass is 349 g/mol. The molecule has 0 saturated carbocycles. The fraction of sp³-hybridized carbons (Fsp3) is 0.167. The van der Waals surface area contributed by atoms with E-state index in [1.807, 2.05) is 0 Å². The van der Waals surface area contributed by atoms with Crippen LogP contribution in [0.5, 0.6) is 5.75 Å². The number of carboxylic acids is 1. The van der Waals surface area contributed by atoms with Crippen LogP contribution < -0.4 is 4.74 Å². The Morgan fingerprint density at radius 1 is 1.16 bits per heavy atom. The van der Waals surface area contributed by atoms with Crippen molar-refractivity contribution < 1.29 is 27.8 Å². The zero-order valence-electron chi connectivity index (χ0n) is 13.1. The van der Waals surface area contributed by atoms with Crippen LogP contribution in [-0.4, -0.2) is 23.2 Å². The molecule has 0 radical (unpaired) electrons. The molecule has 1 heterocycles. The van der Waals surface area contributed by atoms with E-state index in [2.05, 4.69) is 4.98 Å². The summed E-state index contributed by atoms with van der Waals surface area (Å²) >= 11 is 0. The maximum absolute atomic E-state index is 13.3. The smallest absolute Gasteiger partial charge is 0.418 e. The minimum atomic E-state index is -4.54. The minimum absolute atomic E-state index is 0.114. The summed E-state index contributed by atoms with van der Waals surface area (Å²) in [5.41, 5.74) is 0.324.